The summed E-state index contributed by atoms with van der Waals surface area (Å²) in [6.07, 6.45) is 0. The zero-order chi connectivity index (χ0) is 23.7. The summed E-state index contributed by atoms with van der Waals surface area (Å²) < 4.78 is 6.09. The van der Waals surface area contributed by atoms with Gasteiger partial charge in [-0.2, -0.15) is 0 Å². The summed E-state index contributed by atoms with van der Waals surface area (Å²) in [6, 6.07) is 21.5. The van der Waals surface area contributed by atoms with E-state index in [9.17, 15) is 10.1 Å². The zero-order valence-corrected chi connectivity index (χ0v) is 19.4. The molecule has 3 aromatic carbocycles. The second-order valence-corrected chi connectivity index (χ2v) is 8.87. The van der Waals surface area contributed by atoms with E-state index < -0.39 is 4.92 Å². The largest absolute Gasteiger partial charge is 0.436 e. The molecule has 5 rings (SSSR count). The first kappa shape index (κ1) is 21.8. The van der Waals surface area contributed by atoms with E-state index in [2.05, 4.69) is 22.7 Å². The molecule has 0 saturated carbocycles. The molecule has 0 amide bonds. The second kappa shape index (κ2) is 9.09. The van der Waals surface area contributed by atoms with Crippen LogP contribution in [0.25, 0.3) is 32.8 Å². The number of nitro groups is 1. The monoisotopic (exact) mass is 488 g/mol. The number of aryl methyl sites for hydroxylation is 1. The maximum absolute atomic E-state index is 10.9. The number of rotatable bonds is 5. The van der Waals surface area contributed by atoms with Gasteiger partial charge >= 0.3 is 0 Å². The van der Waals surface area contributed by atoms with Crippen molar-refractivity contribution in [2.75, 3.05) is 5.43 Å². The molecule has 168 valence electrons. The summed E-state index contributed by atoms with van der Waals surface area (Å²) in [5, 5.41) is 19.5. The zero-order valence-electron chi connectivity index (χ0n) is 17.9. The van der Waals surface area contributed by atoms with Crippen LogP contribution in [0.1, 0.15) is 5.56 Å². The van der Waals surface area contributed by atoms with Crippen LogP contribution in [-0.4, -0.2) is 9.91 Å². The number of halogens is 1. The van der Waals surface area contributed by atoms with Gasteiger partial charge in [-0.1, -0.05) is 41.4 Å². The Labute approximate surface area is 203 Å². The van der Waals surface area contributed by atoms with E-state index in [4.69, 9.17) is 21.0 Å². The van der Waals surface area contributed by atoms with Gasteiger partial charge in [0, 0.05) is 33.5 Å². The van der Waals surface area contributed by atoms with Crippen LogP contribution >= 0.6 is 22.9 Å². The topological polar surface area (TPSA) is 93.6 Å². The lowest BCUT2D eigenvalue weighted by atomic mass is 10.1. The predicted molar refractivity (Wildman–Crippen MR) is 135 cm³/mol. The molecule has 2 aromatic heterocycles. The molecule has 0 saturated heterocycles. The summed E-state index contributed by atoms with van der Waals surface area (Å²) in [6.45, 7) is 2.05. The van der Waals surface area contributed by atoms with Gasteiger partial charge < -0.3 is 4.42 Å². The fourth-order valence-electron chi connectivity index (χ4n) is 3.37. The highest BCUT2D eigenvalue weighted by atomic mass is 35.5. The fraction of sp³-hybridized carbons (Fsp3) is 0.0400. The summed E-state index contributed by atoms with van der Waals surface area (Å²) in [5.41, 5.74) is 8.23. The highest BCUT2D eigenvalue weighted by Gasteiger charge is 2.13. The SMILES string of the molecule is Cc1ccc(-c2csc(-c3cc4cc(Cl)ccc4o/c3=N\Nc3ccc([N+](=O)[O-])cc3)n2)cc1. The summed E-state index contributed by atoms with van der Waals surface area (Å²) in [4.78, 5) is 15.3. The lowest BCUT2D eigenvalue weighted by Crippen LogP contribution is -2.09. The molecule has 2 heterocycles. The number of nitro benzene ring substituents is 1. The van der Waals surface area contributed by atoms with Gasteiger partial charge in [0.25, 0.3) is 5.69 Å². The summed E-state index contributed by atoms with van der Waals surface area (Å²) in [5.74, 6) is 0. The first-order valence-corrected chi connectivity index (χ1v) is 11.5. The van der Waals surface area contributed by atoms with Gasteiger partial charge in [-0.15, -0.1) is 16.4 Å². The molecular weight excluding hydrogens is 472 g/mol. The molecule has 5 aromatic rings. The average molecular weight is 489 g/mol. The van der Waals surface area contributed by atoms with E-state index in [0.717, 1.165) is 21.7 Å². The van der Waals surface area contributed by atoms with Gasteiger partial charge in [-0.3, -0.25) is 15.5 Å². The minimum Gasteiger partial charge on any atom is -0.436 e. The molecule has 0 aliphatic heterocycles. The Hall–Kier alpha value is -4.01. The van der Waals surface area contributed by atoms with Crippen molar-refractivity contribution in [3.63, 3.8) is 0 Å². The van der Waals surface area contributed by atoms with Crippen LogP contribution in [0, 0.1) is 17.0 Å². The van der Waals surface area contributed by atoms with Gasteiger partial charge in [0.15, 0.2) is 0 Å². The average Bonchev–Trinajstić information content (AvgIpc) is 3.33. The van der Waals surface area contributed by atoms with E-state index in [0.29, 0.717) is 27.4 Å². The Morgan fingerprint density at radius 2 is 1.82 bits per heavy atom. The number of benzene rings is 3. The number of aromatic nitrogens is 1. The molecule has 0 bridgehead atoms. The number of fused-ring (bicyclic) bond motifs is 1. The van der Waals surface area contributed by atoms with Crippen molar-refractivity contribution in [1.29, 1.82) is 0 Å². The Morgan fingerprint density at radius 1 is 1.06 bits per heavy atom. The third kappa shape index (κ3) is 4.54. The Morgan fingerprint density at radius 3 is 2.56 bits per heavy atom. The highest BCUT2D eigenvalue weighted by molar-refractivity contribution is 7.13. The van der Waals surface area contributed by atoms with E-state index in [1.807, 2.05) is 36.6 Å². The molecule has 0 aliphatic rings. The van der Waals surface area contributed by atoms with E-state index in [-0.39, 0.29) is 5.69 Å². The fourth-order valence-corrected chi connectivity index (χ4v) is 4.38. The molecular formula is C25H17ClN4O3S. The summed E-state index contributed by atoms with van der Waals surface area (Å²) >= 11 is 7.68. The Bertz CT molecular complexity index is 1580. The maximum Gasteiger partial charge on any atom is 0.269 e. The smallest absolute Gasteiger partial charge is 0.269 e. The van der Waals surface area contributed by atoms with Crippen molar-refractivity contribution < 1.29 is 9.34 Å². The van der Waals surface area contributed by atoms with Crippen molar-refractivity contribution >= 4 is 45.3 Å². The minimum atomic E-state index is -0.448. The van der Waals surface area contributed by atoms with Crippen LogP contribution in [0.15, 0.2) is 87.7 Å². The maximum atomic E-state index is 10.9. The number of non-ortho nitro benzene ring substituents is 1. The molecule has 0 atom stereocenters. The number of nitrogens with one attached hydrogen (secondary N) is 1. The normalized spacial score (nSPS) is 11.6. The number of thiazole rings is 1. The number of nitrogens with zero attached hydrogens (tertiary/aromatic N) is 3. The van der Waals surface area contributed by atoms with Crippen molar-refractivity contribution in [1.82, 2.24) is 4.98 Å². The first-order valence-electron chi connectivity index (χ1n) is 10.3. The van der Waals surface area contributed by atoms with Crippen LogP contribution in [0.3, 0.4) is 0 Å². The lowest BCUT2D eigenvalue weighted by Gasteiger charge is -2.04. The molecule has 1 N–H and O–H groups in total. The third-order valence-corrected chi connectivity index (χ3v) is 6.27. The van der Waals surface area contributed by atoms with E-state index in [1.165, 1.54) is 29.0 Å². The standard InChI is InChI=1S/C25H17ClN4O3S/c1-15-2-4-16(5-3-15)22-14-34-25(27-22)21-13-17-12-18(26)6-11-23(17)33-24(21)29-28-19-7-9-20(10-8-19)30(31)32/h2-14,28H,1H3/b29-24-. The van der Waals surface area contributed by atoms with Gasteiger partial charge in [0.1, 0.15) is 10.6 Å². The first-order chi connectivity index (χ1) is 16.5. The van der Waals surface area contributed by atoms with Gasteiger partial charge in [-0.25, -0.2) is 4.98 Å². The molecule has 0 spiro atoms. The third-order valence-electron chi connectivity index (χ3n) is 5.16. The van der Waals surface area contributed by atoms with Gasteiger partial charge in [-0.05, 0) is 43.3 Å². The minimum absolute atomic E-state index is 0.00457. The molecule has 0 unspecified atom stereocenters. The highest BCUT2D eigenvalue weighted by Crippen LogP contribution is 2.30. The molecule has 0 aliphatic carbocycles. The molecule has 7 nitrogen and oxygen atoms in total. The van der Waals surface area contributed by atoms with Gasteiger partial charge in [0.05, 0.1) is 21.9 Å². The van der Waals surface area contributed by atoms with Crippen molar-refractivity contribution in [3.8, 4) is 21.8 Å². The number of anilines is 1. The van der Waals surface area contributed by atoms with Crippen LogP contribution in [0.4, 0.5) is 11.4 Å². The van der Waals surface area contributed by atoms with Crippen LogP contribution in [-0.2, 0) is 0 Å². The van der Waals surface area contributed by atoms with Crippen molar-refractivity contribution in [2.45, 2.75) is 6.92 Å². The predicted octanol–water partition coefficient (Wildman–Crippen LogP) is 7.02. The lowest BCUT2D eigenvalue weighted by molar-refractivity contribution is -0.384. The summed E-state index contributed by atoms with van der Waals surface area (Å²) in [7, 11) is 0. The van der Waals surface area contributed by atoms with Crippen LogP contribution < -0.4 is 11.0 Å². The molecule has 0 radical (unpaired) electrons. The Kier molecular flexibility index (Phi) is 5.83. The quantitative estimate of drug-likeness (QED) is 0.212. The van der Waals surface area contributed by atoms with Crippen molar-refractivity contribution in [2.24, 2.45) is 5.10 Å². The Balaban J connectivity index is 1.58. The van der Waals surface area contributed by atoms with Crippen LogP contribution in [0.2, 0.25) is 5.02 Å². The number of hydrogen-bond acceptors (Lipinski definition) is 7. The van der Waals surface area contributed by atoms with Gasteiger partial charge in [0.2, 0.25) is 5.55 Å². The number of hydrogen-bond donors (Lipinski definition) is 1. The van der Waals surface area contributed by atoms with E-state index >= 15 is 0 Å². The molecule has 0 fully saturated rings. The second-order valence-electron chi connectivity index (χ2n) is 7.58. The van der Waals surface area contributed by atoms with Crippen molar-refractivity contribution in [3.05, 3.63) is 104 Å². The molecule has 9 heteroatoms. The van der Waals surface area contributed by atoms with Crippen LogP contribution in [0.5, 0.6) is 0 Å². The molecule has 34 heavy (non-hydrogen) atoms. The van der Waals surface area contributed by atoms with E-state index in [1.54, 1.807) is 24.3 Å².